The van der Waals surface area contributed by atoms with E-state index in [4.69, 9.17) is 9.26 Å². The van der Waals surface area contributed by atoms with Gasteiger partial charge in [-0.1, -0.05) is 28.6 Å². The molecular formula is C17H15N5O2. The molecule has 0 radical (unpaired) electrons. The van der Waals surface area contributed by atoms with E-state index in [2.05, 4.69) is 20.5 Å². The van der Waals surface area contributed by atoms with Gasteiger partial charge in [-0.05, 0) is 37.3 Å². The lowest BCUT2D eigenvalue weighted by molar-refractivity contribution is 0.176. The highest BCUT2D eigenvalue weighted by molar-refractivity contribution is 5.79. The second-order valence-corrected chi connectivity index (χ2v) is 5.45. The number of hydrogen-bond donors (Lipinski definition) is 0. The standard InChI is InChI=1S/C17H15N5O2/c1-11(23-13-6-4-3-5-7-13)17-18-16(20-24-17)12-8-9-14-15(10-12)22(2)21-19-14/h3-11H,1-2H3/t11-/m1/s1. The van der Waals surface area contributed by atoms with Crippen molar-refractivity contribution in [1.29, 1.82) is 0 Å². The normalized spacial score (nSPS) is 12.4. The lowest BCUT2D eigenvalue weighted by atomic mass is 10.2. The minimum atomic E-state index is -0.337. The average molecular weight is 321 g/mol. The predicted molar refractivity (Wildman–Crippen MR) is 87.3 cm³/mol. The number of aryl methyl sites for hydroxylation is 1. The van der Waals surface area contributed by atoms with Gasteiger partial charge in [-0.3, -0.25) is 0 Å². The maximum absolute atomic E-state index is 5.81. The molecule has 2 aromatic carbocycles. The van der Waals surface area contributed by atoms with Gasteiger partial charge in [-0.2, -0.15) is 4.98 Å². The van der Waals surface area contributed by atoms with Crippen molar-refractivity contribution in [2.24, 2.45) is 7.05 Å². The van der Waals surface area contributed by atoms with Crippen molar-refractivity contribution < 1.29 is 9.26 Å². The molecule has 2 aromatic heterocycles. The summed E-state index contributed by atoms with van der Waals surface area (Å²) in [4.78, 5) is 4.44. The fourth-order valence-electron chi connectivity index (χ4n) is 2.44. The largest absolute Gasteiger partial charge is 0.481 e. The van der Waals surface area contributed by atoms with Crippen molar-refractivity contribution in [2.75, 3.05) is 0 Å². The molecule has 0 unspecified atom stereocenters. The molecule has 0 N–H and O–H groups in total. The summed E-state index contributed by atoms with van der Waals surface area (Å²) in [6.07, 6.45) is -0.337. The number of fused-ring (bicyclic) bond motifs is 1. The minimum Gasteiger partial charge on any atom is -0.481 e. The summed E-state index contributed by atoms with van der Waals surface area (Å²) in [7, 11) is 1.84. The van der Waals surface area contributed by atoms with Crippen molar-refractivity contribution in [1.82, 2.24) is 25.1 Å². The lowest BCUT2D eigenvalue weighted by Crippen LogP contribution is -2.03. The Hall–Kier alpha value is -3.22. The van der Waals surface area contributed by atoms with E-state index in [1.54, 1.807) is 4.68 Å². The van der Waals surface area contributed by atoms with Gasteiger partial charge in [0.1, 0.15) is 11.3 Å². The molecule has 0 saturated carbocycles. The molecule has 0 saturated heterocycles. The van der Waals surface area contributed by atoms with Gasteiger partial charge in [0, 0.05) is 12.6 Å². The molecule has 0 bridgehead atoms. The number of rotatable bonds is 4. The zero-order valence-electron chi connectivity index (χ0n) is 13.2. The molecule has 120 valence electrons. The molecule has 0 aliphatic rings. The summed E-state index contributed by atoms with van der Waals surface area (Å²) >= 11 is 0. The zero-order valence-corrected chi connectivity index (χ0v) is 13.2. The molecule has 4 aromatic rings. The second kappa shape index (κ2) is 5.77. The Morgan fingerprint density at radius 2 is 1.96 bits per heavy atom. The third-order valence-corrected chi connectivity index (χ3v) is 3.71. The molecule has 0 aliphatic carbocycles. The van der Waals surface area contributed by atoms with Crippen molar-refractivity contribution >= 4 is 11.0 Å². The highest BCUT2D eigenvalue weighted by atomic mass is 16.5. The van der Waals surface area contributed by atoms with E-state index < -0.39 is 0 Å². The summed E-state index contributed by atoms with van der Waals surface area (Å²) in [6.45, 7) is 1.87. The quantitative estimate of drug-likeness (QED) is 0.574. The van der Waals surface area contributed by atoms with Crippen LogP contribution in [0.2, 0.25) is 0 Å². The smallest absolute Gasteiger partial charge is 0.267 e. The molecule has 0 spiro atoms. The van der Waals surface area contributed by atoms with E-state index in [0.29, 0.717) is 11.7 Å². The third kappa shape index (κ3) is 2.60. The first-order valence-electron chi connectivity index (χ1n) is 7.56. The van der Waals surface area contributed by atoms with Crippen molar-refractivity contribution in [2.45, 2.75) is 13.0 Å². The van der Waals surface area contributed by atoms with Crippen LogP contribution in [0.15, 0.2) is 53.1 Å². The molecule has 0 amide bonds. The first kappa shape index (κ1) is 14.4. The Balaban J connectivity index is 1.60. The monoisotopic (exact) mass is 321 g/mol. The highest BCUT2D eigenvalue weighted by Crippen LogP contribution is 2.24. The topological polar surface area (TPSA) is 78.9 Å². The molecule has 1 atom stereocenters. The van der Waals surface area contributed by atoms with Crippen LogP contribution in [0.25, 0.3) is 22.4 Å². The Kier molecular flexibility index (Phi) is 3.45. The molecule has 24 heavy (non-hydrogen) atoms. The van der Waals surface area contributed by atoms with E-state index in [9.17, 15) is 0 Å². The summed E-state index contributed by atoms with van der Waals surface area (Å²) in [6, 6.07) is 15.3. The first-order chi connectivity index (χ1) is 11.7. The van der Waals surface area contributed by atoms with Crippen LogP contribution in [0.5, 0.6) is 5.75 Å². The molecular weight excluding hydrogens is 306 g/mol. The molecule has 0 fully saturated rings. The van der Waals surface area contributed by atoms with Gasteiger partial charge in [0.05, 0.1) is 5.52 Å². The number of ether oxygens (including phenoxy) is 1. The fourth-order valence-corrected chi connectivity index (χ4v) is 2.44. The Labute approximate surface area is 137 Å². The van der Waals surface area contributed by atoms with Crippen LogP contribution in [0.4, 0.5) is 0 Å². The van der Waals surface area contributed by atoms with Gasteiger partial charge in [0.25, 0.3) is 5.89 Å². The van der Waals surface area contributed by atoms with Crippen molar-refractivity contribution in [3.63, 3.8) is 0 Å². The maximum atomic E-state index is 5.81. The van der Waals surface area contributed by atoms with E-state index in [0.717, 1.165) is 22.3 Å². The number of benzene rings is 2. The van der Waals surface area contributed by atoms with E-state index in [-0.39, 0.29) is 6.10 Å². The number of hydrogen-bond acceptors (Lipinski definition) is 6. The van der Waals surface area contributed by atoms with Gasteiger partial charge < -0.3 is 9.26 Å². The van der Waals surface area contributed by atoms with Gasteiger partial charge >= 0.3 is 0 Å². The van der Waals surface area contributed by atoms with Gasteiger partial charge in [0.15, 0.2) is 6.10 Å². The highest BCUT2D eigenvalue weighted by Gasteiger charge is 2.17. The Morgan fingerprint density at radius 3 is 2.79 bits per heavy atom. The molecule has 4 rings (SSSR count). The van der Waals surface area contributed by atoms with Crippen LogP contribution in [0, 0.1) is 0 Å². The van der Waals surface area contributed by atoms with Crippen LogP contribution in [0.1, 0.15) is 18.9 Å². The van der Waals surface area contributed by atoms with Gasteiger partial charge in [-0.15, -0.1) is 5.10 Å². The van der Waals surface area contributed by atoms with Gasteiger partial charge in [-0.25, -0.2) is 4.68 Å². The average Bonchev–Trinajstić information content (AvgIpc) is 3.23. The van der Waals surface area contributed by atoms with Crippen molar-refractivity contribution in [3.8, 4) is 17.1 Å². The van der Waals surface area contributed by atoms with Gasteiger partial charge in [0.2, 0.25) is 5.82 Å². The van der Waals surface area contributed by atoms with Crippen LogP contribution in [-0.2, 0) is 7.05 Å². The summed E-state index contributed by atoms with van der Waals surface area (Å²) < 4.78 is 12.9. The Morgan fingerprint density at radius 1 is 1.12 bits per heavy atom. The van der Waals surface area contributed by atoms with E-state index in [1.165, 1.54) is 0 Å². The first-order valence-corrected chi connectivity index (χ1v) is 7.56. The summed E-state index contributed by atoms with van der Waals surface area (Å²) in [5.41, 5.74) is 2.58. The molecule has 2 heterocycles. The summed E-state index contributed by atoms with van der Waals surface area (Å²) in [5, 5.41) is 12.1. The van der Waals surface area contributed by atoms with Crippen molar-refractivity contribution in [3.05, 3.63) is 54.4 Å². The predicted octanol–water partition coefficient (Wildman–Crippen LogP) is 3.16. The maximum Gasteiger partial charge on any atom is 0.267 e. The molecule has 0 aliphatic heterocycles. The van der Waals surface area contributed by atoms with E-state index >= 15 is 0 Å². The number of para-hydroxylation sites is 1. The lowest BCUT2D eigenvalue weighted by Gasteiger charge is -2.09. The molecule has 7 heteroatoms. The van der Waals surface area contributed by atoms with Crippen LogP contribution in [0.3, 0.4) is 0 Å². The Bertz CT molecular complexity index is 977. The third-order valence-electron chi connectivity index (χ3n) is 3.71. The molecule has 7 nitrogen and oxygen atoms in total. The van der Waals surface area contributed by atoms with E-state index in [1.807, 2.05) is 62.5 Å². The zero-order chi connectivity index (χ0) is 16.5. The minimum absolute atomic E-state index is 0.337. The second-order valence-electron chi connectivity index (χ2n) is 5.45. The van der Waals surface area contributed by atoms with Crippen LogP contribution in [-0.4, -0.2) is 25.1 Å². The fraction of sp³-hybridized carbons (Fsp3) is 0.176. The van der Waals surface area contributed by atoms with Crippen LogP contribution < -0.4 is 4.74 Å². The number of aromatic nitrogens is 5. The number of nitrogens with zero attached hydrogens (tertiary/aromatic N) is 5. The van der Waals surface area contributed by atoms with Crippen LogP contribution >= 0.6 is 0 Å². The summed E-state index contributed by atoms with van der Waals surface area (Å²) in [5.74, 6) is 1.70. The SMILES string of the molecule is C[C@@H](Oc1ccccc1)c1nc(-c2ccc3nnn(C)c3c2)no1.